The molecule has 0 saturated heterocycles. The number of nitrogens with zero attached hydrogens (tertiary/aromatic N) is 1. The predicted octanol–water partition coefficient (Wildman–Crippen LogP) is 2.56. The van der Waals surface area contributed by atoms with Gasteiger partial charge in [0.25, 0.3) is 10.0 Å². The van der Waals surface area contributed by atoms with Crippen LogP contribution in [0.5, 0.6) is 0 Å². The average Bonchev–Trinajstić information content (AvgIpc) is 2.73. The number of rotatable bonds is 3. The van der Waals surface area contributed by atoms with Gasteiger partial charge in [0.2, 0.25) is 0 Å². The lowest BCUT2D eigenvalue weighted by Gasteiger charge is -2.08. The fourth-order valence-electron chi connectivity index (χ4n) is 1.44. The van der Waals surface area contributed by atoms with E-state index in [2.05, 4.69) is 9.71 Å². The van der Waals surface area contributed by atoms with E-state index < -0.39 is 10.0 Å². The van der Waals surface area contributed by atoms with Gasteiger partial charge in [0, 0.05) is 11.6 Å². The molecule has 2 aromatic rings. The molecule has 0 aliphatic heterocycles. The van der Waals surface area contributed by atoms with Crippen LogP contribution in [0.3, 0.4) is 0 Å². The van der Waals surface area contributed by atoms with Gasteiger partial charge in [0.1, 0.15) is 0 Å². The number of benzene rings is 1. The maximum absolute atomic E-state index is 12.1. The summed E-state index contributed by atoms with van der Waals surface area (Å²) < 4.78 is 26.7. The summed E-state index contributed by atoms with van der Waals surface area (Å²) in [4.78, 5) is 4.21. The molecule has 0 bridgehead atoms. The van der Waals surface area contributed by atoms with Crippen LogP contribution >= 0.6 is 11.3 Å². The van der Waals surface area contributed by atoms with Gasteiger partial charge >= 0.3 is 0 Å². The topological polar surface area (TPSA) is 59.1 Å². The van der Waals surface area contributed by atoms with E-state index >= 15 is 0 Å². The largest absolute Gasteiger partial charge is 0.263 e. The van der Waals surface area contributed by atoms with E-state index in [1.54, 1.807) is 30.6 Å². The van der Waals surface area contributed by atoms with Crippen molar-refractivity contribution in [2.45, 2.75) is 18.7 Å². The molecule has 6 heteroatoms. The third-order valence-electron chi connectivity index (χ3n) is 2.29. The SMILES string of the molecule is Cc1ccc(C)c(S(=O)(=O)Nc2nccs2)c1. The molecule has 4 nitrogen and oxygen atoms in total. The van der Waals surface area contributed by atoms with E-state index in [0.29, 0.717) is 10.0 Å². The molecular weight excluding hydrogens is 256 g/mol. The second kappa shape index (κ2) is 4.46. The normalized spacial score (nSPS) is 11.4. The summed E-state index contributed by atoms with van der Waals surface area (Å²) in [5.74, 6) is 0. The molecule has 1 N–H and O–H groups in total. The molecule has 0 fully saturated rings. The third kappa shape index (κ3) is 2.65. The van der Waals surface area contributed by atoms with Gasteiger partial charge in [-0.3, -0.25) is 4.72 Å². The van der Waals surface area contributed by atoms with E-state index in [1.165, 1.54) is 11.3 Å². The highest BCUT2D eigenvalue weighted by molar-refractivity contribution is 7.93. The van der Waals surface area contributed by atoms with E-state index in [1.807, 2.05) is 13.0 Å². The number of hydrogen-bond donors (Lipinski definition) is 1. The fourth-order valence-corrected chi connectivity index (χ4v) is 3.56. The molecule has 0 spiro atoms. The molecule has 0 unspecified atom stereocenters. The van der Waals surface area contributed by atoms with E-state index in [4.69, 9.17) is 0 Å². The van der Waals surface area contributed by atoms with Crippen molar-refractivity contribution in [3.63, 3.8) is 0 Å². The van der Waals surface area contributed by atoms with E-state index in [-0.39, 0.29) is 0 Å². The molecule has 0 saturated carbocycles. The van der Waals surface area contributed by atoms with Crippen molar-refractivity contribution in [2.75, 3.05) is 4.72 Å². The number of thiazole rings is 1. The average molecular weight is 268 g/mol. The van der Waals surface area contributed by atoms with Gasteiger partial charge in [0.15, 0.2) is 5.13 Å². The Morgan fingerprint density at radius 3 is 2.71 bits per heavy atom. The Morgan fingerprint density at radius 1 is 1.29 bits per heavy atom. The Kier molecular flexibility index (Phi) is 3.17. The van der Waals surface area contributed by atoms with Crippen LogP contribution in [0.4, 0.5) is 5.13 Å². The first-order valence-electron chi connectivity index (χ1n) is 4.98. The highest BCUT2D eigenvalue weighted by atomic mass is 32.2. The van der Waals surface area contributed by atoms with Crippen molar-refractivity contribution in [2.24, 2.45) is 0 Å². The van der Waals surface area contributed by atoms with Crippen molar-refractivity contribution in [1.82, 2.24) is 4.98 Å². The molecule has 2 rings (SSSR count). The molecule has 1 aromatic carbocycles. The van der Waals surface area contributed by atoms with Gasteiger partial charge in [-0.05, 0) is 31.0 Å². The van der Waals surface area contributed by atoms with Crippen molar-refractivity contribution in [3.05, 3.63) is 40.9 Å². The molecule has 0 atom stereocenters. The maximum atomic E-state index is 12.1. The molecule has 0 aliphatic rings. The zero-order valence-corrected chi connectivity index (χ0v) is 11.1. The molecule has 0 radical (unpaired) electrons. The van der Waals surface area contributed by atoms with Crippen LogP contribution in [0.25, 0.3) is 0 Å². The van der Waals surface area contributed by atoms with Crippen LogP contribution < -0.4 is 4.72 Å². The molecule has 0 amide bonds. The van der Waals surface area contributed by atoms with Gasteiger partial charge in [0.05, 0.1) is 4.90 Å². The minimum atomic E-state index is -3.54. The smallest absolute Gasteiger partial charge is 0.255 e. The van der Waals surface area contributed by atoms with Gasteiger partial charge in [-0.1, -0.05) is 12.1 Å². The Hall–Kier alpha value is -1.40. The first-order chi connectivity index (χ1) is 7.99. The van der Waals surface area contributed by atoms with Crippen LogP contribution in [-0.4, -0.2) is 13.4 Å². The minimum absolute atomic E-state index is 0.299. The molecule has 90 valence electrons. The Balaban J connectivity index is 2.41. The summed E-state index contributed by atoms with van der Waals surface area (Å²) in [5.41, 5.74) is 1.63. The minimum Gasteiger partial charge on any atom is -0.255 e. The Labute approximate surface area is 104 Å². The highest BCUT2D eigenvalue weighted by Crippen LogP contribution is 2.21. The van der Waals surface area contributed by atoms with Crippen LogP contribution in [0, 0.1) is 13.8 Å². The first-order valence-corrected chi connectivity index (χ1v) is 7.35. The molecular formula is C11H12N2O2S2. The van der Waals surface area contributed by atoms with E-state index in [9.17, 15) is 8.42 Å². The van der Waals surface area contributed by atoms with Crippen molar-refractivity contribution >= 4 is 26.5 Å². The molecule has 1 aromatic heterocycles. The number of aromatic nitrogens is 1. The van der Waals surface area contributed by atoms with Crippen molar-refractivity contribution in [3.8, 4) is 0 Å². The zero-order chi connectivity index (χ0) is 12.5. The molecule has 1 heterocycles. The number of anilines is 1. The lowest BCUT2D eigenvalue weighted by Crippen LogP contribution is -2.14. The van der Waals surface area contributed by atoms with Gasteiger partial charge in [-0.2, -0.15) is 0 Å². The fraction of sp³-hybridized carbons (Fsp3) is 0.182. The number of sulfonamides is 1. The first kappa shape index (κ1) is 12.1. The number of hydrogen-bond acceptors (Lipinski definition) is 4. The summed E-state index contributed by atoms with van der Waals surface area (Å²) in [6.45, 7) is 3.64. The van der Waals surface area contributed by atoms with Crippen LogP contribution in [0.2, 0.25) is 0 Å². The van der Waals surface area contributed by atoms with E-state index in [0.717, 1.165) is 11.1 Å². The summed E-state index contributed by atoms with van der Waals surface area (Å²) in [6.07, 6.45) is 1.56. The van der Waals surface area contributed by atoms with Crippen LogP contribution in [0.1, 0.15) is 11.1 Å². The van der Waals surface area contributed by atoms with Crippen molar-refractivity contribution < 1.29 is 8.42 Å². The highest BCUT2D eigenvalue weighted by Gasteiger charge is 2.17. The van der Waals surface area contributed by atoms with Crippen molar-refractivity contribution in [1.29, 1.82) is 0 Å². The lowest BCUT2D eigenvalue weighted by molar-refractivity contribution is 0.600. The zero-order valence-electron chi connectivity index (χ0n) is 9.47. The summed E-state index contributed by atoms with van der Waals surface area (Å²) in [7, 11) is -3.54. The maximum Gasteiger partial charge on any atom is 0.263 e. The third-order valence-corrected chi connectivity index (χ3v) is 4.59. The second-order valence-corrected chi connectivity index (χ2v) is 6.26. The number of nitrogens with one attached hydrogen (secondary N) is 1. The predicted molar refractivity (Wildman–Crippen MR) is 68.8 cm³/mol. The molecule has 0 aliphatic carbocycles. The van der Waals surface area contributed by atoms with Crippen LogP contribution in [-0.2, 0) is 10.0 Å². The van der Waals surface area contributed by atoms with Crippen LogP contribution in [0.15, 0.2) is 34.7 Å². The summed E-state index contributed by atoms with van der Waals surface area (Å²) in [5, 5.41) is 2.10. The monoisotopic (exact) mass is 268 g/mol. The number of aryl methyl sites for hydroxylation is 2. The Bertz CT molecular complexity index is 619. The quantitative estimate of drug-likeness (QED) is 0.930. The standard InChI is InChI=1S/C11H12N2O2S2/c1-8-3-4-9(2)10(7-8)17(14,15)13-11-12-5-6-16-11/h3-7H,1-2H3,(H,12,13). The second-order valence-electron chi connectivity index (χ2n) is 3.71. The summed E-state index contributed by atoms with van der Waals surface area (Å²) >= 11 is 1.25. The molecule has 17 heavy (non-hydrogen) atoms. The van der Waals surface area contributed by atoms with Gasteiger partial charge in [-0.25, -0.2) is 13.4 Å². The Morgan fingerprint density at radius 2 is 2.06 bits per heavy atom. The summed E-state index contributed by atoms with van der Waals surface area (Å²) in [6, 6.07) is 5.34. The lowest BCUT2D eigenvalue weighted by atomic mass is 10.2. The van der Waals surface area contributed by atoms with Gasteiger partial charge < -0.3 is 0 Å². The van der Waals surface area contributed by atoms with Gasteiger partial charge in [-0.15, -0.1) is 11.3 Å².